The maximum atomic E-state index is 9.00. The van der Waals surface area contributed by atoms with Crippen LogP contribution < -0.4 is 10.6 Å². The molecule has 0 saturated heterocycles. The van der Waals surface area contributed by atoms with Crippen molar-refractivity contribution in [2.75, 3.05) is 10.6 Å². The summed E-state index contributed by atoms with van der Waals surface area (Å²) in [4.78, 5) is 16.7. The highest BCUT2D eigenvalue weighted by Gasteiger charge is 2.25. The third-order valence-electron chi connectivity index (χ3n) is 5.78. The van der Waals surface area contributed by atoms with Gasteiger partial charge in [-0.15, -0.1) is 0 Å². The van der Waals surface area contributed by atoms with E-state index in [4.69, 9.17) is 10.2 Å². The normalized spacial score (nSPS) is 13.2. The summed E-state index contributed by atoms with van der Waals surface area (Å²) in [7, 11) is 0. The van der Waals surface area contributed by atoms with E-state index >= 15 is 0 Å². The third kappa shape index (κ3) is 3.28. The number of hydrogen-bond donors (Lipinski definition) is 3. The Kier molecular flexibility index (Phi) is 4.22. The highest BCUT2D eigenvalue weighted by atomic mass is 15.2. The van der Waals surface area contributed by atoms with Gasteiger partial charge in [0.05, 0.1) is 18.0 Å². The zero-order valence-electron chi connectivity index (χ0n) is 17.1. The smallest absolute Gasteiger partial charge is 0.231 e. The molecule has 32 heavy (non-hydrogen) atoms. The predicted molar refractivity (Wildman–Crippen MR) is 125 cm³/mol. The van der Waals surface area contributed by atoms with Gasteiger partial charge in [0.2, 0.25) is 5.95 Å². The molecule has 0 bridgehead atoms. The van der Waals surface area contributed by atoms with Crippen molar-refractivity contribution in [2.45, 2.75) is 18.8 Å². The minimum absolute atomic E-state index is 0.427. The van der Waals surface area contributed by atoms with Crippen molar-refractivity contribution < 1.29 is 0 Å². The van der Waals surface area contributed by atoms with Crippen LogP contribution in [-0.4, -0.2) is 19.9 Å². The molecule has 1 saturated carbocycles. The van der Waals surface area contributed by atoms with E-state index in [-0.39, 0.29) is 0 Å². The number of nitriles is 1. The molecule has 1 fully saturated rings. The number of nitrogens with one attached hydrogen (secondary N) is 3. The van der Waals surface area contributed by atoms with E-state index in [1.807, 2.05) is 12.1 Å². The molecule has 2 heterocycles. The molecular weight excluding hydrogens is 398 g/mol. The van der Waals surface area contributed by atoms with E-state index in [9.17, 15) is 0 Å². The molecule has 7 heteroatoms. The Labute approximate surface area is 184 Å². The molecule has 6 rings (SSSR count). The van der Waals surface area contributed by atoms with Crippen molar-refractivity contribution in [1.29, 1.82) is 5.26 Å². The van der Waals surface area contributed by atoms with Crippen LogP contribution in [0, 0.1) is 11.3 Å². The summed E-state index contributed by atoms with van der Waals surface area (Å²) in [6, 6.07) is 22.1. The van der Waals surface area contributed by atoms with Crippen molar-refractivity contribution in [3.05, 3.63) is 78.1 Å². The average molecular weight is 417 g/mol. The van der Waals surface area contributed by atoms with E-state index in [1.165, 1.54) is 29.2 Å². The van der Waals surface area contributed by atoms with Crippen molar-refractivity contribution in [3.63, 3.8) is 0 Å². The van der Waals surface area contributed by atoms with Crippen LogP contribution in [0.1, 0.15) is 29.9 Å². The van der Waals surface area contributed by atoms with Crippen molar-refractivity contribution in [1.82, 2.24) is 19.9 Å². The predicted octanol–water partition coefficient (Wildman–Crippen LogP) is 5.74. The molecule has 5 aromatic rings. The second kappa shape index (κ2) is 7.36. The molecule has 3 N–H and O–H groups in total. The number of imidazole rings is 1. The van der Waals surface area contributed by atoms with Gasteiger partial charge in [0.15, 0.2) is 11.5 Å². The lowest BCUT2D eigenvalue weighted by Crippen LogP contribution is -2.03. The highest BCUT2D eigenvalue weighted by molar-refractivity contribution is 5.99. The van der Waals surface area contributed by atoms with E-state index in [1.54, 1.807) is 18.5 Å². The number of aromatic nitrogens is 4. The lowest BCUT2D eigenvalue weighted by Gasteiger charge is -2.14. The molecule has 2 aromatic heterocycles. The van der Waals surface area contributed by atoms with Gasteiger partial charge in [-0.2, -0.15) is 15.2 Å². The van der Waals surface area contributed by atoms with Crippen molar-refractivity contribution >= 4 is 45.1 Å². The Bertz CT molecular complexity index is 1490. The van der Waals surface area contributed by atoms with E-state index < -0.39 is 0 Å². The van der Waals surface area contributed by atoms with Crippen LogP contribution in [0.25, 0.3) is 21.9 Å². The summed E-state index contributed by atoms with van der Waals surface area (Å²) in [6.07, 6.45) is 4.15. The molecule has 0 amide bonds. The maximum Gasteiger partial charge on any atom is 0.231 e. The lowest BCUT2D eigenvalue weighted by atomic mass is 9.99. The molecule has 1 aliphatic carbocycles. The van der Waals surface area contributed by atoms with Gasteiger partial charge in [-0.25, -0.2) is 4.98 Å². The van der Waals surface area contributed by atoms with Crippen LogP contribution >= 0.6 is 0 Å². The number of nitrogens with zero attached hydrogens (tertiary/aromatic N) is 4. The fourth-order valence-corrected chi connectivity index (χ4v) is 4.05. The van der Waals surface area contributed by atoms with Crippen LogP contribution in [0.4, 0.5) is 23.1 Å². The summed E-state index contributed by atoms with van der Waals surface area (Å²) in [6.45, 7) is 0. The van der Waals surface area contributed by atoms with Gasteiger partial charge in [-0.05, 0) is 60.0 Å². The molecule has 0 unspecified atom stereocenters. The Balaban J connectivity index is 1.39. The van der Waals surface area contributed by atoms with Gasteiger partial charge in [-0.3, -0.25) is 0 Å². The SMILES string of the molecule is N#Cc1ccc(Nc2nc(Nc3ccc(C4CC4)c4ccccc34)c3[nH]cnc3n2)cc1. The summed E-state index contributed by atoms with van der Waals surface area (Å²) in [5, 5.41) is 18.2. The number of hydrogen-bond acceptors (Lipinski definition) is 6. The number of benzene rings is 3. The lowest BCUT2D eigenvalue weighted by molar-refractivity contribution is 1.15. The van der Waals surface area contributed by atoms with Gasteiger partial charge < -0.3 is 15.6 Å². The molecule has 0 radical (unpaired) electrons. The Morgan fingerprint density at radius 1 is 0.906 bits per heavy atom. The van der Waals surface area contributed by atoms with E-state index in [0.717, 1.165) is 16.9 Å². The topological polar surface area (TPSA) is 102 Å². The first-order valence-electron chi connectivity index (χ1n) is 10.6. The van der Waals surface area contributed by atoms with Gasteiger partial charge >= 0.3 is 0 Å². The molecule has 1 aliphatic rings. The monoisotopic (exact) mass is 417 g/mol. The first-order valence-corrected chi connectivity index (χ1v) is 10.6. The number of rotatable bonds is 5. The molecule has 154 valence electrons. The first kappa shape index (κ1) is 18.3. The zero-order chi connectivity index (χ0) is 21.5. The number of fused-ring (bicyclic) bond motifs is 2. The number of H-pyrrole nitrogens is 1. The standard InChI is InChI=1S/C25H19N7/c26-13-15-5-9-17(10-6-15)29-25-31-23-22(27-14-28-23)24(32-25)30-21-12-11-18(16-7-8-16)19-3-1-2-4-20(19)21/h1-6,9-12,14,16H,7-8H2,(H3,27,28,29,30,31,32). The first-order chi connectivity index (χ1) is 15.8. The Hall–Kier alpha value is -4.44. The second-order valence-corrected chi connectivity index (χ2v) is 7.96. The maximum absolute atomic E-state index is 9.00. The van der Waals surface area contributed by atoms with Gasteiger partial charge in [0, 0.05) is 16.8 Å². The van der Waals surface area contributed by atoms with Gasteiger partial charge in [-0.1, -0.05) is 30.3 Å². The van der Waals surface area contributed by atoms with Gasteiger partial charge in [0.1, 0.15) is 5.52 Å². The molecule has 3 aromatic carbocycles. The van der Waals surface area contributed by atoms with Crippen molar-refractivity contribution in [3.8, 4) is 6.07 Å². The fourth-order valence-electron chi connectivity index (χ4n) is 4.05. The minimum atomic E-state index is 0.427. The molecule has 7 nitrogen and oxygen atoms in total. The quantitative estimate of drug-likeness (QED) is 0.337. The van der Waals surface area contributed by atoms with Crippen LogP contribution in [0.3, 0.4) is 0 Å². The summed E-state index contributed by atoms with van der Waals surface area (Å²) >= 11 is 0. The highest BCUT2D eigenvalue weighted by Crippen LogP contribution is 2.44. The Morgan fingerprint density at radius 3 is 2.50 bits per heavy atom. The molecule has 0 spiro atoms. The summed E-state index contributed by atoms with van der Waals surface area (Å²) in [5.74, 6) is 1.75. The van der Waals surface area contributed by atoms with Crippen LogP contribution in [0.2, 0.25) is 0 Å². The number of aromatic amines is 1. The third-order valence-corrected chi connectivity index (χ3v) is 5.78. The molecular formula is C25H19N7. The van der Waals surface area contributed by atoms with Crippen molar-refractivity contribution in [2.24, 2.45) is 0 Å². The molecule has 0 aliphatic heterocycles. The zero-order valence-corrected chi connectivity index (χ0v) is 17.1. The molecule has 0 atom stereocenters. The van der Waals surface area contributed by atoms with Crippen LogP contribution in [0.5, 0.6) is 0 Å². The summed E-state index contributed by atoms with van der Waals surface area (Å²) in [5.41, 5.74) is 5.11. The average Bonchev–Trinajstić information content (AvgIpc) is 3.56. The van der Waals surface area contributed by atoms with E-state index in [2.05, 4.69) is 68.1 Å². The largest absolute Gasteiger partial charge is 0.340 e. The minimum Gasteiger partial charge on any atom is -0.340 e. The second-order valence-electron chi connectivity index (χ2n) is 7.96. The van der Waals surface area contributed by atoms with Crippen LogP contribution in [0.15, 0.2) is 67.0 Å². The fraction of sp³-hybridized carbons (Fsp3) is 0.120. The van der Waals surface area contributed by atoms with Gasteiger partial charge in [0.25, 0.3) is 0 Å². The number of anilines is 4. The Morgan fingerprint density at radius 2 is 1.72 bits per heavy atom. The summed E-state index contributed by atoms with van der Waals surface area (Å²) < 4.78 is 0. The van der Waals surface area contributed by atoms with E-state index in [0.29, 0.717) is 28.9 Å². The van der Waals surface area contributed by atoms with Crippen LogP contribution in [-0.2, 0) is 0 Å².